The first kappa shape index (κ1) is 13.6. The molecule has 0 heterocycles. The van der Waals surface area contributed by atoms with Crippen LogP contribution in [-0.2, 0) is 0 Å². The van der Waals surface area contributed by atoms with Gasteiger partial charge in [0.15, 0.2) is 11.5 Å². The summed E-state index contributed by atoms with van der Waals surface area (Å²) in [5.41, 5.74) is 2.54. The molecule has 0 aliphatic rings. The first-order chi connectivity index (χ1) is 8.26. The summed E-state index contributed by atoms with van der Waals surface area (Å²) in [7, 11) is 0. The van der Waals surface area contributed by atoms with Gasteiger partial charge in [-0.15, -0.1) is 0 Å². The molecule has 0 aliphatic carbocycles. The highest BCUT2D eigenvalue weighted by atomic mass is 16.5. The van der Waals surface area contributed by atoms with Crippen molar-refractivity contribution < 1.29 is 9.47 Å². The Balaban J connectivity index is 3.08. The topological polar surface area (TPSA) is 18.5 Å². The van der Waals surface area contributed by atoms with Crippen molar-refractivity contribution in [3.05, 3.63) is 29.8 Å². The molecule has 0 fully saturated rings. The second-order valence-electron chi connectivity index (χ2n) is 3.70. The molecule has 0 spiro atoms. The van der Waals surface area contributed by atoms with Gasteiger partial charge in [0, 0.05) is 0 Å². The number of hydrogen-bond acceptors (Lipinski definition) is 2. The quantitative estimate of drug-likeness (QED) is 0.730. The van der Waals surface area contributed by atoms with E-state index in [-0.39, 0.29) is 0 Å². The zero-order valence-corrected chi connectivity index (χ0v) is 11.2. The van der Waals surface area contributed by atoms with E-state index in [1.165, 1.54) is 11.1 Å². The lowest BCUT2D eigenvalue weighted by Gasteiger charge is -2.13. The van der Waals surface area contributed by atoms with Gasteiger partial charge in [-0.25, -0.2) is 0 Å². The molecular weight excluding hydrogens is 212 g/mol. The van der Waals surface area contributed by atoms with Crippen LogP contribution in [0.2, 0.25) is 0 Å². The van der Waals surface area contributed by atoms with Crippen LogP contribution in [-0.4, -0.2) is 13.2 Å². The van der Waals surface area contributed by atoms with Gasteiger partial charge in [-0.3, -0.25) is 0 Å². The van der Waals surface area contributed by atoms with Gasteiger partial charge in [-0.2, -0.15) is 0 Å². The lowest BCUT2D eigenvalue weighted by molar-refractivity contribution is 0.287. The van der Waals surface area contributed by atoms with E-state index in [4.69, 9.17) is 9.47 Å². The van der Waals surface area contributed by atoms with Crippen molar-refractivity contribution in [2.24, 2.45) is 0 Å². The number of ether oxygens (including phenoxy) is 2. The van der Waals surface area contributed by atoms with Gasteiger partial charge in [0.05, 0.1) is 13.2 Å². The Labute approximate surface area is 104 Å². The average Bonchev–Trinajstić information content (AvgIpc) is 2.34. The fraction of sp³-hybridized carbons (Fsp3) is 0.467. The molecule has 0 atom stereocenters. The molecule has 0 saturated heterocycles. The van der Waals surface area contributed by atoms with E-state index in [0.29, 0.717) is 13.2 Å². The molecule has 0 aromatic heterocycles. The van der Waals surface area contributed by atoms with E-state index < -0.39 is 0 Å². The maximum absolute atomic E-state index is 5.62. The van der Waals surface area contributed by atoms with Crippen LogP contribution in [0.4, 0.5) is 0 Å². The Morgan fingerprint density at radius 1 is 1.06 bits per heavy atom. The van der Waals surface area contributed by atoms with Crippen LogP contribution in [0.5, 0.6) is 11.5 Å². The third kappa shape index (κ3) is 3.52. The van der Waals surface area contributed by atoms with Gasteiger partial charge in [0.25, 0.3) is 0 Å². The van der Waals surface area contributed by atoms with Crippen molar-refractivity contribution in [3.63, 3.8) is 0 Å². The summed E-state index contributed by atoms with van der Waals surface area (Å²) in [5.74, 6) is 1.66. The lowest BCUT2D eigenvalue weighted by atomic mass is 10.0. The molecule has 0 aliphatic heterocycles. The van der Waals surface area contributed by atoms with Crippen LogP contribution in [0, 0.1) is 0 Å². The molecule has 1 aromatic carbocycles. The molecule has 0 amide bonds. The van der Waals surface area contributed by atoms with Crippen LogP contribution < -0.4 is 9.47 Å². The Kier molecular flexibility index (Phi) is 5.61. The van der Waals surface area contributed by atoms with Crippen LogP contribution in [0.25, 0.3) is 5.57 Å². The van der Waals surface area contributed by atoms with E-state index in [1.54, 1.807) is 0 Å². The highest BCUT2D eigenvalue weighted by Crippen LogP contribution is 2.31. The summed E-state index contributed by atoms with van der Waals surface area (Å²) >= 11 is 0. The zero-order chi connectivity index (χ0) is 12.7. The summed E-state index contributed by atoms with van der Waals surface area (Å²) in [6, 6.07) is 6.14. The van der Waals surface area contributed by atoms with Crippen LogP contribution >= 0.6 is 0 Å². The van der Waals surface area contributed by atoms with E-state index >= 15 is 0 Å². The second-order valence-corrected chi connectivity index (χ2v) is 3.70. The Morgan fingerprint density at radius 3 is 2.24 bits per heavy atom. The minimum absolute atomic E-state index is 0.654. The van der Waals surface area contributed by atoms with Gasteiger partial charge in [-0.05, 0) is 50.5 Å². The van der Waals surface area contributed by atoms with Gasteiger partial charge in [0.1, 0.15) is 0 Å². The van der Waals surface area contributed by atoms with Crippen molar-refractivity contribution in [1.82, 2.24) is 0 Å². The van der Waals surface area contributed by atoms with Crippen LogP contribution in [0.3, 0.4) is 0 Å². The number of hydrogen-bond donors (Lipinski definition) is 0. The number of allylic oxidation sites excluding steroid dienone is 2. The SMILES string of the molecule is C/C=C(\CC)c1ccc(OCC)c(OCC)c1. The zero-order valence-electron chi connectivity index (χ0n) is 11.2. The van der Waals surface area contributed by atoms with Gasteiger partial charge >= 0.3 is 0 Å². The summed E-state index contributed by atoms with van der Waals surface area (Å²) in [6.45, 7) is 9.50. The minimum Gasteiger partial charge on any atom is -0.490 e. The first-order valence-electron chi connectivity index (χ1n) is 6.31. The van der Waals surface area contributed by atoms with E-state index in [1.807, 2.05) is 19.9 Å². The van der Waals surface area contributed by atoms with Gasteiger partial charge < -0.3 is 9.47 Å². The summed E-state index contributed by atoms with van der Waals surface area (Å²) in [5, 5.41) is 0. The molecule has 2 heteroatoms. The largest absolute Gasteiger partial charge is 0.490 e. The molecule has 0 unspecified atom stereocenters. The predicted octanol–water partition coefficient (Wildman–Crippen LogP) is 4.30. The molecule has 0 N–H and O–H groups in total. The Hall–Kier alpha value is -1.44. The molecule has 0 saturated carbocycles. The van der Waals surface area contributed by atoms with Crippen molar-refractivity contribution in [2.75, 3.05) is 13.2 Å². The summed E-state index contributed by atoms with van der Waals surface area (Å²) in [6.07, 6.45) is 3.17. The molecule has 94 valence electrons. The maximum Gasteiger partial charge on any atom is 0.161 e. The Morgan fingerprint density at radius 2 is 1.71 bits per heavy atom. The lowest BCUT2D eigenvalue weighted by Crippen LogP contribution is -1.99. The van der Waals surface area contributed by atoms with Crippen LogP contribution in [0.1, 0.15) is 39.7 Å². The second kappa shape index (κ2) is 7.00. The van der Waals surface area contributed by atoms with Gasteiger partial charge in [-0.1, -0.05) is 19.1 Å². The maximum atomic E-state index is 5.62. The molecule has 1 aromatic rings. The molecular formula is C15H22O2. The number of benzene rings is 1. The van der Waals surface area contributed by atoms with Crippen molar-refractivity contribution in [2.45, 2.75) is 34.1 Å². The fourth-order valence-electron chi connectivity index (χ4n) is 1.83. The van der Waals surface area contributed by atoms with Crippen molar-refractivity contribution in [1.29, 1.82) is 0 Å². The van der Waals surface area contributed by atoms with Crippen molar-refractivity contribution >= 4 is 5.57 Å². The van der Waals surface area contributed by atoms with Crippen LogP contribution in [0.15, 0.2) is 24.3 Å². The number of rotatable bonds is 6. The van der Waals surface area contributed by atoms with E-state index in [2.05, 4.69) is 32.1 Å². The minimum atomic E-state index is 0.654. The predicted molar refractivity (Wildman–Crippen MR) is 72.7 cm³/mol. The molecule has 0 radical (unpaired) electrons. The van der Waals surface area contributed by atoms with E-state index in [9.17, 15) is 0 Å². The fourth-order valence-corrected chi connectivity index (χ4v) is 1.83. The third-order valence-corrected chi connectivity index (χ3v) is 2.64. The monoisotopic (exact) mass is 234 g/mol. The third-order valence-electron chi connectivity index (χ3n) is 2.64. The summed E-state index contributed by atoms with van der Waals surface area (Å²) < 4.78 is 11.2. The highest BCUT2D eigenvalue weighted by molar-refractivity contribution is 5.67. The molecule has 1 rings (SSSR count). The molecule has 2 nitrogen and oxygen atoms in total. The highest BCUT2D eigenvalue weighted by Gasteiger charge is 2.07. The van der Waals surface area contributed by atoms with Crippen molar-refractivity contribution in [3.8, 4) is 11.5 Å². The van der Waals surface area contributed by atoms with Gasteiger partial charge in [0.2, 0.25) is 0 Å². The summed E-state index contributed by atoms with van der Waals surface area (Å²) in [4.78, 5) is 0. The molecule has 17 heavy (non-hydrogen) atoms. The average molecular weight is 234 g/mol. The normalized spacial score (nSPS) is 11.4. The Bertz CT molecular complexity index is 381. The first-order valence-corrected chi connectivity index (χ1v) is 6.31. The smallest absolute Gasteiger partial charge is 0.161 e. The van der Waals surface area contributed by atoms with E-state index in [0.717, 1.165) is 17.9 Å². The molecule has 0 bridgehead atoms. The standard InChI is InChI=1S/C15H22O2/c1-5-12(6-2)13-9-10-14(16-7-3)15(11-13)17-8-4/h5,9-11H,6-8H2,1-4H3/b12-5+.